The van der Waals surface area contributed by atoms with Crippen LogP contribution in [0, 0.1) is 5.92 Å². The molecule has 3 heteroatoms. The van der Waals surface area contributed by atoms with Crippen molar-refractivity contribution in [2.45, 2.75) is 77.6 Å². The molecule has 0 radical (unpaired) electrons. The van der Waals surface area contributed by atoms with Gasteiger partial charge in [-0.25, -0.2) is 9.18 Å². The third kappa shape index (κ3) is 6.29. The van der Waals surface area contributed by atoms with E-state index in [4.69, 9.17) is 0 Å². The fourth-order valence-electron chi connectivity index (χ4n) is 4.78. The predicted octanol–water partition coefficient (Wildman–Crippen LogP) is 8.63. The highest BCUT2D eigenvalue weighted by Gasteiger charge is 2.22. The van der Waals surface area contributed by atoms with E-state index in [1.807, 2.05) is 19.1 Å². The van der Waals surface area contributed by atoms with E-state index in [1.165, 1.54) is 56.6 Å². The largest absolute Gasteiger partial charge is 0.478 e. The lowest BCUT2D eigenvalue weighted by Gasteiger charge is -2.29. The van der Waals surface area contributed by atoms with E-state index in [-0.39, 0.29) is 11.4 Å². The van der Waals surface area contributed by atoms with Crippen molar-refractivity contribution in [1.82, 2.24) is 0 Å². The van der Waals surface area contributed by atoms with Crippen molar-refractivity contribution < 1.29 is 14.3 Å². The van der Waals surface area contributed by atoms with Crippen molar-refractivity contribution in [3.05, 3.63) is 65.0 Å². The van der Waals surface area contributed by atoms with Gasteiger partial charge in [-0.2, -0.15) is 0 Å². The van der Waals surface area contributed by atoms with Crippen LogP contribution in [0.4, 0.5) is 4.39 Å². The molecule has 2 aromatic rings. The summed E-state index contributed by atoms with van der Waals surface area (Å²) in [6.45, 7) is 4.20. The normalized spacial score (nSPS) is 19.4. The summed E-state index contributed by atoms with van der Waals surface area (Å²) >= 11 is 0. The SMILES string of the molecule is CCCCC1CCC(c2ccc(-c3cc(C=C(F)CCC)ccc3C(=O)O)cc2)CC1. The summed E-state index contributed by atoms with van der Waals surface area (Å²) in [4.78, 5) is 11.8. The summed E-state index contributed by atoms with van der Waals surface area (Å²) in [5.41, 5.74) is 3.79. The van der Waals surface area contributed by atoms with Gasteiger partial charge in [0.15, 0.2) is 0 Å². The van der Waals surface area contributed by atoms with Gasteiger partial charge in [-0.3, -0.25) is 0 Å². The Morgan fingerprint density at radius 1 is 1.03 bits per heavy atom. The average molecular weight is 423 g/mol. The zero-order valence-corrected chi connectivity index (χ0v) is 18.9. The molecule has 1 fully saturated rings. The summed E-state index contributed by atoms with van der Waals surface area (Å²) in [6.07, 6.45) is 11.7. The molecular weight excluding hydrogens is 387 g/mol. The van der Waals surface area contributed by atoms with Crippen molar-refractivity contribution in [3.63, 3.8) is 0 Å². The molecule has 2 nitrogen and oxygen atoms in total. The van der Waals surface area contributed by atoms with Crippen molar-refractivity contribution in [2.24, 2.45) is 5.92 Å². The van der Waals surface area contributed by atoms with Crippen molar-refractivity contribution in [3.8, 4) is 11.1 Å². The molecule has 0 saturated heterocycles. The summed E-state index contributed by atoms with van der Waals surface area (Å²) < 4.78 is 14.0. The average Bonchev–Trinajstić information content (AvgIpc) is 2.78. The Morgan fingerprint density at radius 3 is 2.35 bits per heavy atom. The summed E-state index contributed by atoms with van der Waals surface area (Å²) in [7, 11) is 0. The number of hydrogen-bond acceptors (Lipinski definition) is 1. The van der Waals surface area contributed by atoms with E-state index in [2.05, 4.69) is 19.1 Å². The standard InChI is InChI=1S/C28H35FO2/c1-3-5-7-20-8-11-22(12-9-20)23-13-15-24(16-14-23)27-19-21(18-25(29)6-4-2)10-17-26(27)28(30)31/h10,13-20,22H,3-9,11-12H2,1-2H3,(H,30,31). The van der Waals surface area contributed by atoms with Crippen LogP contribution in [0.2, 0.25) is 0 Å². The number of hydrogen-bond donors (Lipinski definition) is 1. The number of aromatic carboxylic acids is 1. The van der Waals surface area contributed by atoms with Gasteiger partial charge >= 0.3 is 5.97 Å². The fourth-order valence-corrected chi connectivity index (χ4v) is 4.78. The molecule has 3 rings (SSSR count). The Kier molecular flexibility index (Phi) is 8.45. The van der Waals surface area contributed by atoms with E-state index in [0.29, 0.717) is 23.5 Å². The van der Waals surface area contributed by atoms with Crippen LogP contribution in [0.3, 0.4) is 0 Å². The molecule has 2 aromatic carbocycles. The number of unbranched alkanes of at least 4 members (excludes halogenated alkanes) is 1. The highest BCUT2D eigenvalue weighted by Crippen LogP contribution is 2.38. The Balaban J connectivity index is 1.78. The van der Waals surface area contributed by atoms with Gasteiger partial charge < -0.3 is 5.11 Å². The van der Waals surface area contributed by atoms with Crippen molar-refractivity contribution >= 4 is 12.0 Å². The molecule has 166 valence electrons. The van der Waals surface area contributed by atoms with Crippen molar-refractivity contribution in [2.75, 3.05) is 0 Å². The minimum absolute atomic E-state index is 0.179. The molecule has 0 heterocycles. The van der Waals surface area contributed by atoms with Crippen LogP contribution >= 0.6 is 0 Å². The first kappa shape index (κ1) is 23.2. The topological polar surface area (TPSA) is 37.3 Å². The monoisotopic (exact) mass is 422 g/mol. The molecule has 31 heavy (non-hydrogen) atoms. The maximum Gasteiger partial charge on any atom is 0.336 e. The number of rotatable bonds is 9. The van der Waals surface area contributed by atoms with Crippen LogP contribution in [0.1, 0.15) is 99.0 Å². The Morgan fingerprint density at radius 2 is 1.74 bits per heavy atom. The number of halogens is 1. The molecular formula is C28H35FO2. The van der Waals surface area contributed by atoms with Crippen LogP contribution < -0.4 is 0 Å². The van der Waals surface area contributed by atoms with E-state index in [0.717, 1.165) is 17.9 Å². The van der Waals surface area contributed by atoms with E-state index in [1.54, 1.807) is 18.2 Å². The van der Waals surface area contributed by atoms with Gasteiger partial charge in [0.2, 0.25) is 0 Å². The second-order valence-electron chi connectivity index (χ2n) is 8.93. The van der Waals surface area contributed by atoms with Crippen LogP contribution in [-0.4, -0.2) is 11.1 Å². The number of benzene rings is 2. The zero-order chi connectivity index (χ0) is 22.2. The Bertz CT molecular complexity index is 890. The molecule has 1 saturated carbocycles. The molecule has 1 N–H and O–H groups in total. The van der Waals surface area contributed by atoms with Gasteiger partial charge in [0.05, 0.1) is 5.56 Å². The molecule has 0 aromatic heterocycles. The fraction of sp³-hybridized carbons (Fsp3) is 0.464. The maximum absolute atomic E-state index is 14.0. The highest BCUT2D eigenvalue weighted by atomic mass is 19.1. The predicted molar refractivity (Wildman–Crippen MR) is 127 cm³/mol. The van der Waals surface area contributed by atoms with E-state index in [9.17, 15) is 14.3 Å². The maximum atomic E-state index is 14.0. The van der Waals surface area contributed by atoms with E-state index < -0.39 is 5.97 Å². The lowest BCUT2D eigenvalue weighted by molar-refractivity contribution is 0.0697. The third-order valence-electron chi connectivity index (χ3n) is 6.59. The summed E-state index contributed by atoms with van der Waals surface area (Å²) in [5.74, 6) is 0.344. The van der Waals surface area contributed by atoms with Gasteiger partial charge in [0, 0.05) is 0 Å². The Labute approximate surface area is 186 Å². The second kappa shape index (κ2) is 11.3. The molecule has 0 spiro atoms. The van der Waals surface area contributed by atoms with Crippen LogP contribution in [-0.2, 0) is 0 Å². The number of allylic oxidation sites excluding steroid dienone is 1. The first-order valence-electron chi connectivity index (χ1n) is 11.9. The third-order valence-corrected chi connectivity index (χ3v) is 6.59. The van der Waals surface area contributed by atoms with E-state index >= 15 is 0 Å². The number of carboxylic acid groups (broad SMARTS) is 1. The van der Waals surface area contributed by atoms with Gasteiger partial charge in [-0.1, -0.05) is 63.4 Å². The number of carbonyl (C=O) groups is 1. The highest BCUT2D eigenvalue weighted by molar-refractivity contribution is 5.96. The summed E-state index contributed by atoms with van der Waals surface area (Å²) in [5, 5.41) is 9.64. The van der Waals surface area contributed by atoms with Gasteiger partial charge in [0.25, 0.3) is 0 Å². The van der Waals surface area contributed by atoms with Crippen molar-refractivity contribution in [1.29, 1.82) is 0 Å². The smallest absolute Gasteiger partial charge is 0.336 e. The lowest BCUT2D eigenvalue weighted by Crippen LogP contribution is -2.13. The molecule has 1 aliphatic rings. The van der Waals surface area contributed by atoms with Gasteiger partial charge in [-0.05, 0) is 90.8 Å². The van der Waals surface area contributed by atoms with Gasteiger partial charge in [-0.15, -0.1) is 0 Å². The van der Waals surface area contributed by atoms with Crippen LogP contribution in [0.5, 0.6) is 0 Å². The molecule has 0 amide bonds. The quantitative estimate of drug-likeness (QED) is 0.439. The number of carboxylic acids is 1. The lowest BCUT2D eigenvalue weighted by atomic mass is 9.77. The Hall–Kier alpha value is -2.42. The molecule has 0 aliphatic heterocycles. The van der Waals surface area contributed by atoms with Crippen LogP contribution in [0.25, 0.3) is 17.2 Å². The second-order valence-corrected chi connectivity index (χ2v) is 8.93. The minimum atomic E-state index is -0.964. The first-order valence-corrected chi connectivity index (χ1v) is 11.9. The first-order chi connectivity index (χ1) is 15.0. The minimum Gasteiger partial charge on any atom is -0.478 e. The molecule has 0 atom stereocenters. The molecule has 1 aliphatic carbocycles. The van der Waals surface area contributed by atoms with Crippen LogP contribution in [0.15, 0.2) is 48.3 Å². The molecule has 0 unspecified atom stereocenters. The summed E-state index contributed by atoms with van der Waals surface area (Å²) in [6, 6.07) is 13.4. The van der Waals surface area contributed by atoms with Gasteiger partial charge in [0.1, 0.15) is 5.83 Å². The zero-order valence-electron chi connectivity index (χ0n) is 18.9. The molecule has 0 bridgehead atoms.